The van der Waals surface area contributed by atoms with Gasteiger partial charge in [-0.15, -0.1) is 0 Å². The van der Waals surface area contributed by atoms with Gasteiger partial charge in [0.1, 0.15) is 5.69 Å². The molecule has 0 aromatic carbocycles. The summed E-state index contributed by atoms with van der Waals surface area (Å²) in [6, 6.07) is 0.198. The van der Waals surface area contributed by atoms with E-state index < -0.39 is 0 Å². The lowest BCUT2D eigenvalue weighted by Gasteiger charge is -2.12. The van der Waals surface area contributed by atoms with Crippen LogP contribution in [0.1, 0.15) is 44.1 Å². The summed E-state index contributed by atoms with van der Waals surface area (Å²) in [5.74, 6) is 0.135. The van der Waals surface area contributed by atoms with Crippen LogP contribution in [0.3, 0.4) is 0 Å². The van der Waals surface area contributed by atoms with Gasteiger partial charge in [-0.1, -0.05) is 13.8 Å². The number of hydrogen-bond acceptors (Lipinski definition) is 3. The minimum Gasteiger partial charge on any atom is -0.314 e. The molecule has 0 saturated heterocycles. The van der Waals surface area contributed by atoms with Crippen molar-refractivity contribution in [1.29, 1.82) is 0 Å². The second-order valence-electron chi connectivity index (χ2n) is 4.15. The van der Waals surface area contributed by atoms with E-state index in [1.807, 2.05) is 13.8 Å². The monoisotopic (exact) mass is 301 g/mol. The van der Waals surface area contributed by atoms with Crippen LogP contribution in [-0.2, 0) is 6.54 Å². The molecule has 0 amide bonds. The molecule has 0 spiro atoms. The Hall–Kier alpha value is -0.680. The predicted molar refractivity (Wildman–Crippen MR) is 72.3 cm³/mol. The fourth-order valence-corrected chi connectivity index (χ4v) is 2.33. The van der Waals surface area contributed by atoms with Crippen LogP contribution < -0.4 is 5.32 Å². The van der Waals surface area contributed by atoms with Crippen molar-refractivity contribution in [3.8, 4) is 0 Å². The highest BCUT2D eigenvalue weighted by Gasteiger charge is 2.18. The number of nitrogens with zero attached hydrogens (tertiary/aromatic N) is 2. The van der Waals surface area contributed by atoms with Gasteiger partial charge in [0, 0.05) is 19.0 Å². The maximum atomic E-state index is 12.2. The van der Waals surface area contributed by atoms with Crippen LogP contribution in [0.5, 0.6) is 0 Å². The summed E-state index contributed by atoms with van der Waals surface area (Å²) in [7, 11) is 0. The van der Waals surface area contributed by atoms with Gasteiger partial charge in [-0.3, -0.25) is 9.48 Å². The zero-order valence-electron chi connectivity index (χ0n) is 10.7. The lowest BCUT2D eigenvalue weighted by molar-refractivity contribution is 0.0960. The van der Waals surface area contributed by atoms with Crippen molar-refractivity contribution >= 4 is 21.7 Å². The maximum Gasteiger partial charge on any atom is 0.183 e. The Kier molecular flexibility index (Phi) is 5.85. The molecular weight excluding hydrogens is 282 g/mol. The standard InChI is InChI=1S/C12H20BrN3O/c1-4-6-16-12(10(13)8-15-16)11(17)7-9(3)14-5-2/h8-9,14H,4-7H2,1-3H3. The molecule has 1 heterocycles. The Morgan fingerprint density at radius 2 is 2.29 bits per heavy atom. The summed E-state index contributed by atoms with van der Waals surface area (Å²) in [6.07, 6.45) is 3.17. The Morgan fingerprint density at radius 1 is 1.59 bits per heavy atom. The molecule has 0 aliphatic carbocycles. The Labute approximate surface area is 111 Å². The Balaban J connectivity index is 2.77. The zero-order valence-corrected chi connectivity index (χ0v) is 12.2. The first-order chi connectivity index (χ1) is 8.10. The lowest BCUT2D eigenvalue weighted by atomic mass is 10.1. The van der Waals surface area contributed by atoms with E-state index in [0.717, 1.165) is 24.0 Å². The first kappa shape index (κ1) is 14.4. The van der Waals surface area contributed by atoms with Gasteiger partial charge in [0.25, 0.3) is 0 Å². The third kappa shape index (κ3) is 3.92. The lowest BCUT2D eigenvalue weighted by Crippen LogP contribution is -2.29. The van der Waals surface area contributed by atoms with Crippen molar-refractivity contribution in [2.45, 2.75) is 46.2 Å². The molecule has 0 saturated carbocycles. The number of aromatic nitrogens is 2. The highest BCUT2D eigenvalue weighted by Crippen LogP contribution is 2.18. The van der Waals surface area contributed by atoms with E-state index in [2.05, 4.69) is 33.3 Å². The quantitative estimate of drug-likeness (QED) is 0.788. The van der Waals surface area contributed by atoms with Crippen LogP contribution in [0, 0.1) is 0 Å². The van der Waals surface area contributed by atoms with Crippen molar-refractivity contribution in [1.82, 2.24) is 15.1 Å². The van der Waals surface area contributed by atoms with E-state index in [1.165, 1.54) is 0 Å². The molecule has 1 rings (SSSR count). The molecule has 17 heavy (non-hydrogen) atoms. The van der Waals surface area contributed by atoms with Gasteiger partial charge >= 0.3 is 0 Å². The normalized spacial score (nSPS) is 12.7. The highest BCUT2D eigenvalue weighted by atomic mass is 79.9. The molecule has 1 unspecified atom stereocenters. The number of aryl methyl sites for hydroxylation is 1. The summed E-state index contributed by atoms with van der Waals surface area (Å²) >= 11 is 3.39. The molecule has 1 aromatic rings. The number of rotatable bonds is 7. The van der Waals surface area contributed by atoms with E-state index in [1.54, 1.807) is 10.9 Å². The van der Waals surface area contributed by atoms with Gasteiger partial charge in [-0.2, -0.15) is 5.10 Å². The summed E-state index contributed by atoms with van der Waals surface area (Å²) in [4.78, 5) is 12.2. The van der Waals surface area contributed by atoms with E-state index in [9.17, 15) is 4.79 Å². The summed E-state index contributed by atoms with van der Waals surface area (Å²) < 4.78 is 2.57. The summed E-state index contributed by atoms with van der Waals surface area (Å²) in [5, 5.41) is 7.45. The molecule has 96 valence electrons. The Morgan fingerprint density at radius 3 is 2.88 bits per heavy atom. The number of carbonyl (C=O) groups excluding carboxylic acids is 1. The highest BCUT2D eigenvalue weighted by molar-refractivity contribution is 9.10. The second kappa shape index (κ2) is 6.91. The molecule has 0 aliphatic rings. The van der Waals surface area contributed by atoms with Crippen LogP contribution >= 0.6 is 15.9 Å². The molecule has 1 N–H and O–H groups in total. The second-order valence-corrected chi connectivity index (χ2v) is 5.00. The van der Waals surface area contributed by atoms with Gasteiger partial charge in [0.05, 0.1) is 10.7 Å². The van der Waals surface area contributed by atoms with Gasteiger partial charge in [-0.05, 0) is 35.8 Å². The SMILES string of the molecule is CCCn1ncc(Br)c1C(=O)CC(C)NCC. The van der Waals surface area contributed by atoms with Gasteiger partial charge in [0.15, 0.2) is 5.78 Å². The third-order valence-corrected chi connectivity index (χ3v) is 3.12. The third-order valence-electron chi connectivity index (χ3n) is 2.54. The number of Topliss-reactive ketones (excluding diaryl/α,β-unsaturated/α-hetero) is 1. The molecule has 1 atom stereocenters. The van der Waals surface area contributed by atoms with Gasteiger partial charge in [0.2, 0.25) is 0 Å². The van der Waals surface area contributed by atoms with Crippen molar-refractivity contribution in [2.24, 2.45) is 0 Å². The van der Waals surface area contributed by atoms with Crippen LogP contribution in [-0.4, -0.2) is 28.2 Å². The molecular formula is C12H20BrN3O. The number of halogens is 1. The van der Waals surface area contributed by atoms with Crippen LogP contribution in [0.25, 0.3) is 0 Å². The van der Waals surface area contributed by atoms with Gasteiger partial charge in [-0.25, -0.2) is 0 Å². The predicted octanol–water partition coefficient (Wildman–Crippen LogP) is 2.63. The van der Waals surface area contributed by atoms with Crippen LogP contribution in [0.2, 0.25) is 0 Å². The number of ketones is 1. The van der Waals surface area contributed by atoms with Crippen molar-refractivity contribution in [2.75, 3.05) is 6.54 Å². The largest absolute Gasteiger partial charge is 0.314 e. The number of carbonyl (C=O) groups is 1. The molecule has 1 aromatic heterocycles. The molecule has 5 heteroatoms. The topological polar surface area (TPSA) is 46.9 Å². The Bertz CT molecular complexity index is 376. The zero-order chi connectivity index (χ0) is 12.8. The molecule has 0 fully saturated rings. The molecule has 0 radical (unpaired) electrons. The van der Waals surface area contributed by atoms with Crippen molar-refractivity contribution in [3.05, 3.63) is 16.4 Å². The van der Waals surface area contributed by atoms with Crippen LogP contribution in [0.15, 0.2) is 10.7 Å². The van der Waals surface area contributed by atoms with E-state index in [0.29, 0.717) is 12.1 Å². The molecule has 0 aliphatic heterocycles. The fraction of sp³-hybridized carbons (Fsp3) is 0.667. The fourth-order valence-electron chi connectivity index (χ4n) is 1.82. The summed E-state index contributed by atoms with van der Waals surface area (Å²) in [6.45, 7) is 7.80. The first-order valence-electron chi connectivity index (χ1n) is 6.08. The minimum absolute atomic E-state index is 0.135. The molecule has 4 nitrogen and oxygen atoms in total. The van der Waals surface area contributed by atoms with E-state index >= 15 is 0 Å². The summed E-state index contributed by atoms with van der Waals surface area (Å²) in [5.41, 5.74) is 0.691. The molecule has 0 bridgehead atoms. The smallest absolute Gasteiger partial charge is 0.183 e. The van der Waals surface area contributed by atoms with Gasteiger partial charge < -0.3 is 5.32 Å². The maximum absolute atomic E-state index is 12.2. The van der Waals surface area contributed by atoms with Crippen LogP contribution in [0.4, 0.5) is 0 Å². The van der Waals surface area contributed by atoms with E-state index in [-0.39, 0.29) is 11.8 Å². The average Bonchev–Trinajstić information content (AvgIpc) is 2.60. The number of hydrogen-bond donors (Lipinski definition) is 1. The first-order valence-corrected chi connectivity index (χ1v) is 6.87. The average molecular weight is 302 g/mol. The van der Waals surface area contributed by atoms with E-state index in [4.69, 9.17) is 0 Å². The number of nitrogens with one attached hydrogen (secondary N) is 1. The van der Waals surface area contributed by atoms with Crippen molar-refractivity contribution in [3.63, 3.8) is 0 Å². The van der Waals surface area contributed by atoms with Crippen molar-refractivity contribution < 1.29 is 4.79 Å². The minimum atomic E-state index is 0.135.